The number of barbiturate groups is 1. The molecule has 0 spiro atoms. The normalized spacial score (nSPS) is 19.1. The first-order chi connectivity index (χ1) is 14.0. The third kappa shape index (κ3) is 3.91. The number of rotatable bonds is 4. The smallest absolute Gasteiger partial charge is 0.331 e. The SMILES string of the molecule is O=C1NC(=O)N(Cc2ccco2)C(=O)C1=Cc1ccc(N2CCCCC2)c(F)c1. The van der Waals surface area contributed by atoms with Crippen LogP contribution in [0.3, 0.4) is 0 Å². The fourth-order valence-corrected chi connectivity index (χ4v) is 3.57. The van der Waals surface area contributed by atoms with Crippen molar-refractivity contribution >= 4 is 29.6 Å². The Bertz CT molecular complexity index is 978. The summed E-state index contributed by atoms with van der Waals surface area (Å²) in [5.74, 6) is -1.57. The Morgan fingerprint density at radius 2 is 1.90 bits per heavy atom. The van der Waals surface area contributed by atoms with E-state index in [0.29, 0.717) is 17.0 Å². The summed E-state index contributed by atoms with van der Waals surface area (Å²) < 4.78 is 19.8. The number of benzene rings is 1. The van der Waals surface area contributed by atoms with Crippen molar-refractivity contribution in [3.63, 3.8) is 0 Å². The van der Waals surface area contributed by atoms with E-state index < -0.39 is 23.7 Å². The highest BCUT2D eigenvalue weighted by molar-refractivity contribution is 6.30. The van der Waals surface area contributed by atoms with Gasteiger partial charge in [0, 0.05) is 13.1 Å². The van der Waals surface area contributed by atoms with Gasteiger partial charge >= 0.3 is 6.03 Å². The number of imide groups is 2. The number of anilines is 1. The molecule has 2 aliphatic heterocycles. The van der Waals surface area contributed by atoms with E-state index in [-0.39, 0.29) is 12.1 Å². The summed E-state index contributed by atoms with van der Waals surface area (Å²) in [5.41, 5.74) is 0.649. The summed E-state index contributed by atoms with van der Waals surface area (Å²) >= 11 is 0. The predicted octanol–water partition coefficient (Wildman–Crippen LogP) is 3.07. The number of amides is 4. The largest absolute Gasteiger partial charge is 0.467 e. The molecule has 3 heterocycles. The molecule has 0 atom stereocenters. The van der Waals surface area contributed by atoms with Crippen molar-refractivity contribution in [1.29, 1.82) is 0 Å². The Hall–Kier alpha value is -3.42. The van der Waals surface area contributed by atoms with Crippen LogP contribution in [0, 0.1) is 5.82 Å². The number of furan rings is 1. The zero-order chi connectivity index (χ0) is 20.4. The second kappa shape index (κ2) is 7.90. The summed E-state index contributed by atoms with van der Waals surface area (Å²) in [7, 11) is 0. The number of nitrogens with one attached hydrogen (secondary N) is 1. The van der Waals surface area contributed by atoms with Crippen molar-refractivity contribution < 1.29 is 23.2 Å². The molecule has 2 aliphatic rings. The van der Waals surface area contributed by atoms with E-state index in [9.17, 15) is 18.8 Å². The Morgan fingerprint density at radius 1 is 1.10 bits per heavy atom. The molecular weight excluding hydrogens is 377 g/mol. The van der Waals surface area contributed by atoms with Crippen molar-refractivity contribution in [2.24, 2.45) is 0 Å². The number of urea groups is 1. The lowest BCUT2D eigenvalue weighted by atomic mass is 10.1. The van der Waals surface area contributed by atoms with Crippen LogP contribution in [0.5, 0.6) is 0 Å². The van der Waals surface area contributed by atoms with Gasteiger partial charge < -0.3 is 9.32 Å². The molecule has 2 fully saturated rings. The third-order valence-corrected chi connectivity index (χ3v) is 5.06. The molecule has 1 aromatic heterocycles. The highest BCUT2D eigenvalue weighted by atomic mass is 19.1. The molecule has 4 amide bonds. The third-order valence-electron chi connectivity index (χ3n) is 5.06. The van der Waals surface area contributed by atoms with Gasteiger partial charge in [-0.15, -0.1) is 0 Å². The van der Waals surface area contributed by atoms with Crippen LogP contribution in [0.2, 0.25) is 0 Å². The van der Waals surface area contributed by atoms with E-state index in [1.165, 1.54) is 18.4 Å². The monoisotopic (exact) mass is 397 g/mol. The van der Waals surface area contributed by atoms with Gasteiger partial charge in [0.2, 0.25) is 0 Å². The van der Waals surface area contributed by atoms with E-state index in [2.05, 4.69) is 5.32 Å². The van der Waals surface area contributed by atoms with Gasteiger partial charge in [0.15, 0.2) is 0 Å². The molecule has 0 bridgehead atoms. The number of carbonyl (C=O) groups excluding carboxylic acids is 3. The lowest BCUT2D eigenvalue weighted by Gasteiger charge is -2.29. The van der Waals surface area contributed by atoms with Crippen LogP contribution >= 0.6 is 0 Å². The molecule has 1 N–H and O–H groups in total. The first-order valence-electron chi connectivity index (χ1n) is 9.48. The van der Waals surface area contributed by atoms with Crippen molar-refractivity contribution in [2.45, 2.75) is 25.8 Å². The molecule has 7 nitrogen and oxygen atoms in total. The first kappa shape index (κ1) is 18.9. The second-order valence-electron chi connectivity index (χ2n) is 7.05. The minimum Gasteiger partial charge on any atom is -0.467 e. The number of nitrogens with zero attached hydrogens (tertiary/aromatic N) is 2. The highest BCUT2D eigenvalue weighted by Gasteiger charge is 2.36. The lowest BCUT2D eigenvalue weighted by molar-refractivity contribution is -0.130. The van der Waals surface area contributed by atoms with Gasteiger partial charge in [-0.05, 0) is 55.2 Å². The summed E-state index contributed by atoms with van der Waals surface area (Å²) in [4.78, 5) is 39.8. The molecular formula is C21H20FN3O4. The van der Waals surface area contributed by atoms with Crippen molar-refractivity contribution in [2.75, 3.05) is 18.0 Å². The van der Waals surface area contributed by atoms with Gasteiger partial charge in [-0.1, -0.05) is 6.07 Å². The molecule has 0 saturated carbocycles. The fourth-order valence-electron chi connectivity index (χ4n) is 3.57. The number of hydrogen-bond acceptors (Lipinski definition) is 5. The van der Waals surface area contributed by atoms with Gasteiger partial charge in [-0.3, -0.25) is 19.8 Å². The van der Waals surface area contributed by atoms with Crippen LogP contribution in [0.4, 0.5) is 14.9 Å². The highest BCUT2D eigenvalue weighted by Crippen LogP contribution is 2.25. The van der Waals surface area contributed by atoms with Crippen LogP contribution in [0.15, 0.2) is 46.6 Å². The molecule has 8 heteroatoms. The summed E-state index contributed by atoms with van der Waals surface area (Å²) in [6.07, 6.45) is 5.92. The van der Waals surface area contributed by atoms with Crippen molar-refractivity contribution in [1.82, 2.24) is 10.2 Å². The van der Waals surface area contributed by atoms with Crippen LogP contribution in [0.1, 0.15) is 30.6 Å². The average Bonchev–Trinajstić information content (AvgIpc) is 3.22. The zero-order valence-corrected chi connectivity index (χ0v) is 15.7. The van der Waals surface area contributed by atoms with Crippen LogP contribution in [-0.2, 0) is 16.1 Å². The van der Waals surface area contributed by atoms with E-state index in [4.69, 9.17) is 4.42 Å². The second-order valence-corrected chi connectivity index (χ2v) is 7.05. The molecule has 2 saturated heterocycles. The Morgan fingerprint density at radius 3 is 2.59 bits per heavy atom. The van der Waals surface area contributed by atoms with Crippen LogP contribution < -0.4 is 10.2 Å². The maximum absolute atomic E-state index is 14.6. The maximum Gasteiger partial charge on any atom is 0.331 e. The number of hydrogen-bond donors (Lipinski definition) is 1. The molecule has 150 valence electrons. The molecule has 29 heavy (non-hydrogen) atoms. The summed E-state index contributed by atoms with van der Waals surface area (Å²) in [6, 6.07) is 7.05. The molecule has 0 aliphatic carbocycles. The number of piperidine rings is 1. The van der Waals surface area contributed by atoms with Crippen LogP contribution in [-0.4, -0.2) is 35.8 Å². The van der Waals surface area contributed by atoms with E-state index >= 15 is 0 Å². The fraction of sp³-hybridized carbons (Fsp3) is 0.286. The Labute approximate surface area is 166 Å². The Kier molecular flexibility index (Phi) is 5.16. The quantitative estimate of drug-likeness (QED) is 0.633. The van der Waals surface area contributed by atoms with E-state index in [0.717, 1.165) is 37.3 Å². The minimum absolute atomic E-state index is 0.107. The van der Waals surface area contributed by atoms with Gasteiger partial charge in [0.05, 0.1) is 18.5 Å². The Balaban J connectivity index is 1.58. The molecule has 4 rings (SSSR count). The molecule has 1 aromatic carbocycles. The molecule has 0 radical (unpaired) electrons. The van der Waals surface area contributed by atoms with Gasteiger partial charge in [-0.25, -0.2) is 9.18 Å². The van der Waals surface area contributed by atoms with Gasteiger partial charge in [-0.2, -0.15) is 0 Å². The van der Waals surface area contributed by atoms with E-state index in [1.807, 2.05) is 4.90 Å². The van der Waals surface area contributed by atoms with Gasteiger partial charge in [0.1, 0.15) is 17.2 Å². The lowest BCUT2D eigenvalue weighted by Crippen LogP contribution is -2.53. The van der Waals surface area contributed by atoms with Gasteiger partial charge in [0.25, 0.3) is 11.8 Å². The van der Waals surface area contributed by atoms with E-state index in [1.54, 1.807) is 24.3 Å². The van der Waals surface area contributed by atoms with Crippen molar-refractivity contribution in [3.8, 4) is 0 Å². The van der Waals surface area contributed by atoms with Crippen LogP contribution in [0.25, 0.3) is 6.08 Å². The number of carbonyl (C=O) groups is 3. The molecule has 2 aromatic rings. The predicted molar refractivity (Wildman–Crippen MR) is 103 cm³/mol. The summed E-state index contributed by atoms with van der Waals surface area (Å²) in [5, 5.41) is 2.14. The zero-order valence-electron chi connectivity index (χ0n) is 15.7. The van der Waals surface area contributed by atoms with Crippen molar-refractivity contribution in [3.05, 3.63) is 59.3 Å². The molecule has 0 unspecified atom stereocenters. The topological polar surface area (TPSA) is 82.9 Å². The first-order valence-corrected chi connectivity index (χ1v) is 9.48. The number of halogens is 1. The maximum atomic E-state index is 14.6. The summed E-state index contributed by atoms with van der Waals surface area (Å²) in [6.45, 7) is 1.51. The average molecular weight is 397 g/mol. The standard InChI is InChI=1S/C21H20FN3O4/c22-17-12-14(6-7-18(17)24-8-2-1-3-9-24)11-16-19(26)23-21(28)25(20(16)27)13-15-5-4-10-29-15/h4-7,10-12H,1-3,8-9,13H2,(H,23,26,28). The minimum atomic E-state index is -0.819.